The summed E-state index contributed by atoms with van der Waals surface area (Å²) in [5.41, 5.74) is 12.5. The van der Waals surface area contributed by atoms with E-state index in [1.54, 1.807) is 24.3 Å². The molecule has 0 spiro atoms. The van der Waals surface area contributed by atoms with Gasteiger partial charge in [0.05, 0.1) is 58.1 Å². The molecule has 1 aromatic carbocycles. The van der Waals surface area contributed by atoms with E-state index < -0.39 is 5.56 Å². The average molecular weight is 572 g/mol. The third kappa shape index (κ3) is 11.4. The standard InChI is InChI=1S/C26H37N9O6/c27-7-10-39-12-14-41-15-13-40-11-9-29-21(36)2-1-8-30-24(37)18-3-5-19(6-4-18)31-16-20-17-32-23-22(33-20)25(38)35-26(28)34-23/h3-6,17,31H,1-2,7-16,27H2,(H,29,36)(H,30,37)(H3,28,32,34,35,38). The van der Waals surface area contributed by atoms with E-state index in [1.165, 1.54) is 6.20 Å². The Balaban J connectivity index is 1.25. The highest BCUT2D eigenvalue weighted by Gasteiger charge is 2.08. The zero-order chi connectivity index (χ0) is 29.3. The van der Waals surface area contributed by atoms with Crippen molar-refractivity contribution in [3.63, 3.8) is 0 Å². The number of carbonyl (C=O) groups is 2. The highest BCUT2D eigenvalue weighted by atomic mass is 16.5. The number of aromatic nitrogens is 4. The molecular weight excluding hydrogens is 534 g/mol. The molecule has 15 heteroatoms. The lowest BCUT2D eigenvalue weighted by Crippen LogP contribution is -2.29. The molecular formula is C26H37N9O6. The van der Waals surface area contributed by atoms with E-state index in [4.69, 9.17) is 25.7 Å². The van der Waals surface area contributed by atoms with Crippen molar-refractivity contribution in [3.8, 4) is 0 Å². The van der Waals surface area contributed by atoms with Crippen LogP contribution in [-0.4, -0.2) is 91.0 Å². The normalized spacial score (nSPS) is 11.0. The molecule has 0 saturated carbocycles. The molecule has 0 unspecified atom stereocenters. The summed E-state index contributed by atoms with van der Waals surface area (Å²) >= 11 is 0. The lowest BCUT2D eigenvalue weighted by molar-refractivity contribution is -0.121. The Labute approximate surface area is 236 Å². The number of amides is 2. The first kappa shape index (κ1) is 31.3. The maximum atomic E-state index is 12.4. The quantitative estimate of drug-likeness (QED) is 0.101. The van der Waals surface area contributed by atoms with Gasteiger partial charge in [-0.25, -0.2) is 9.97 Å². The second-order valence-corrected chi connectivity index (χ2v) is 8.75. The molecule has 0 aliphatic rings. The van der Waals surface area contributed by atoms with Gasteiger partial charge in [0.2, 0.25) is 11.9 Å². The Morgan fingerprint density at radius 3 is 2.34 bits per heavy atom. The Hall–Kier alpha value is -4.18. The topological polar surface area (TPSA) is 221 Å². The van der Waals surface area contributed by atoms with Crippen molar-refractivity contribution in [1.29, 1.82) is 0 Å². The molecule has 8 N–H and O–H groups in total. The van der Waals surface area contributed by atoms with Crippen molar-refractivity contribution < 1.29 is 23.8 Å². The molecule has 0 radical (unpaired) electrons. The number of anilines is 2. The van der Waals surface area contributed by atoms with Gasteiger partial charge in [0, 0.05) is 37.3 Å². The van der Waals surface area contributed by atoms with Crippen molar-refractivity contribution in [2.75, 3.05) is 70.3 Å². The van der Waals surface area contributed by atoms with Crippen molar-refractivity contribution in [2.45, 2.75) is 19.4 Å². The van der Waals surface area contributed by atoms with Crippen molar-refractivity contribution in [1.82, 2.24) is 30.6 Å². The third-order valence-electron chi connectivity index (χ3n) is 5.55. The summed E-state index contributed by atoms with van der Waals surface area (Å²) in [6.07, 6.45) is 2.32. The fourth-order valence-electron chi connectivity index (χ4n) is 3.52. The first-order chi connectivity index (χ1) is 20.0. The minimum atomic E-state index is -0.457. The second kappa shape index (κ2) is 17.5. The number of hydrogen-bond donors (Lipinski definition) is 6. The Bertz CT molecular complexity index is 1300. The summed E-state index contributed by atoms with van der Waals surface area (Å²) in [5.74, 6) is -0.355. The number of nitrogens with one attached hydrogen (secondary N) is 4. The van der Waals surface area contributed by atoms with Crippen LogP contribution in [0.25, 0.3) is 11.2 Å². The van der Waals surface area contributed by atoms with Gasteiger partial charge in [-0.3, -0.25) is 19.4 Å². The van der Waals surface area contributed by atoms with Crippen LogP contribution in [0.3, 0.4) is 0 Å². The first-order valence-electron chi connectivity index (χ1n) is 13.3. The van der Waals surface area contributed by atoms with Crippen LogP contribution in [0.4, 0.5) is 11.6 Å². The van der Waals surface area contributed by atoms with E-state index in [0.717, 1.165) is 5.69 Å². The van der Waals surface area contributed by atoms with Crippen LogP contribution in [0, 0.1) is 0 Å². The Kier molecular flexibility index (Phi) is 13.4. The first-order valence-corrected chi connectivity index (χ1v) is 13.3. The van der Waals surface area contributed by atoms with Crippen LogP contribution in [0.15, 0.2) is 35.3 Å². The van der Waals surface area contributed by atoms with Crippen LogP contribution in [0.5, 0.6) is 0 Å². The van der Waals surface area contributed by atoms with Crippen LogP contribution in [0.1, 0.15) is 28.9 Å². The minimum Gasteiger partial charge on any atom is -0.379 e. The predicted octanol–water partition coefficient (Wildman–Crippen LogP) is -0.458. The van der Waals surface area contributed by atoms with Gasteiger partial charge in [-0.05, 0) is 30.7 Å². The number of nitrogens with two attached hydrogens (primary N) is 2. The van der Waals surface area contributed by atoms with Gasteiger partial charge in [-0.1, -0.05) is 0 Å². The molecule has 2 aromatic heterocycles. The summed E-state index contributed by atoms with van der Waals surface area (Å²) in [5, 5.41) is 8.76. The fourth-order valence-corrected chi connectivity index (χ4v) is 3.52. The molecule has 0 aliphatic carbocycles. The average Bonchev–Trinajstić information content (AvgIpc) is 2.97. The minimum absolute atomic E-state index is 0.0193. The predicted molar refractivity (Wildman–Crippen MR) is 152 cm³/mol. The largest absolute Gasteiger partial charge is 0.379 e. The zero-order valence-corrected chi connectivity index (χ0v) is 22.8. The number of carbonyl (C=O) groups excluding carboxylic acids is 2. The van der Waals surface area contributed by atoms with E-state index in [0.29, 0.717) is 89.9 Å². The fraction of sp³-hybridized carbons (Fsp3) is 0.462. The number of fused-ring (bicyclic) bond motifs is 1. The zero-order valence-electron chi connectivity index (χ0n) is 22.8. The molecule has 3 aromatic rings. The van der Waals surface area contributed by atoms with Gasteiger partial charge in [-0.15, -0.1) is 0 Å². The van der Waals surface area contributed by atoms with Gasteiger partial charge in [0.25, 0.3) is 11.5 Å². The lowest BCUT2D eigenvalue weighted by atomic mass is 10.2. The number of hydrogen-bond acceptors (Lipinski definition) is 12. The van der Waals surface area contributed by atoms with E-state index in [-0.39, 0.29) is 28.9 Å². The summed E-state index contributed by atoms with van der Waals surface area (Å²) < 4.78 is 15.9. The molecule has 15 nitrogen and oxygen atoms in total. The smallest absolute Gasteiger partial charge is 0.280 e. The molecule has 2 amide bonds. The molecule has 41 heavy (non-hydrogen) atoms. The number of ether oxygens (including phenoxy) is 3. The molecule has 0 bridgehead atoms. The summed E-state index contributed by atoms with van der Waals surface area (Å²) in [7, 11) is 0. The molecule has 3 rings (SSSR count). The third-order valence-corrected chi connectivity index (χ3v) is 5.55. The molecule has 2 heterocycles. The van der Waals surface area contributed by atoms with Gasteiger partial charge >= 0.3 is 0 Å². The second-order valence-electron chi connectivity index (χ2n) is 8.75. The van der Waals surface area contributed by atoms with Crippen LogP contribution >= 0.6 is 0 Å². The summed E-state index contributed by atoms with van der Waals surface area (Å²) in [6, 6.07) is 6.90. The number of aromatic amines is 1. The number of benzene rings is 1. The van der Waals surface area contributed by atoms with E-state index in [9.17, 15) is 14.4 Å². The van der Waals surface area contributed by atoms with E-state index in [1.807, 2.05) is 0 Å². The Morgan fingerprint density at radius 2 is 1.61 bits per heavy atom. The molecule has 0 aliphatic heterocycles. The Morgan fingerprint density at radius 1 is 0.902 bits per heavy atom. The maximum absolute atomic E-state index is 12.4. The van der Waals surface area contributed by atoms with E-state index >= 15 is 0 Å². The highest BCUT2D eigenvalue weighted by molar-refractivity contribution is 5.94. The van der Waals surface area contributed by atoms with Crippen LogP contribution in [-0.2, 0) is 25.5 Å². The van der Waals surface area contributed by atoms with E-state index in [2.05, 4.69) is 35.9 Å². The number of nitrogens with zero attached hydrogens (tertiary/aromatic N) is 3. The summed E-state index contributed by atoms with van der Waals surface area (Å²) in [6.45, 7) is 4.37. The van der Waals surface area contributed by atoms with Crippen LogP contribution in [0.2, 0.25) is 0 Å². The number of H-pyrrole nitrogens is 1. The van der Waals surface area contributed by atoms with Crippen molar-refractivity contribution in [2.24, 2.45) is 5.73 Å². The molecule has 0 fully saturated rings. The van der Waals surface area contributed by atoms with Gasteiger partial charge in [-0.2, -0.15) is 4.98 Å². The van der Waals surface area contributed by atoms with Crippen molar-refractivity contribution in [3.05, 3.63) is 52.1 Å². The SMILES string of the molecule is NCCOCCOCCOCCNC(=O)CCCNC(=O)c1ccc(NCc2cnc3nc(N)[nH]c(=O)c3n2)cc1. The monoisotopic (exact) mass is 571 g/mol. The summed E-state index contributed by atoms with van der Waals surface area (Å²) in [4.78, 5) is 51.1. The molecule has 222 valence electrons. The molecule has 0 saturated heterocycles. The number of nitrogen functional groups attached to an aromatic ring is 1. The van der Waals surface area contributed by atoms with Crippen molar-refractivity contribution >= 4 is 34.6 Å². The number of rotatable bonds is 19. The highest BCUT2D eigenvalue weighted by Crippen LogP contribution is 2.11. The van der Waals surface area contributed by atoms with Gasteiger partial charge in [0.15, 0.2) is 11.2 Å². The lowest BCUT2D eigenvalue weighted by Gasteiger charge is -2.09. The van der Waals surface area contributed by atoms with Crippen LogP contribution < -0.4 is 33.0 Å². The van der Waals surface area contributed by atoms with Gasteiger partial charge < -0.3 is 41.6 Å². The molecule has 0 atom stereocenters. The maximum Gasteiger partial charge on any atom is 0.280 e. The van der Waals surface area contributed by atoms with Gasteiger partial charge in [0.1, 0.15) is 0 Å².